The van der Waals surface area contributed by atoms with Gasteiger partial charge in [-0.3, -0.25) is 0 Å². The first-order valence-electron chi connectivity index (χ1n) is 4.84. The largest absolute Gasteiger partial charge is 0.325 e. The maximum Gasteiger partial charge on any atom is 0.134 e. The van der Waals surface area contributed by atoms with Crippen molar-refractivity contribution in [1.82, 2.24) is 9.97 Å². The van der Waals surface area contributed by atoms with E-state index in [-0.39, 0.29) is 0 Å². The number of thiophene rings is 1. The summed E-state index contributed by atoms with van der Waals surface area (Å²) in [5, 5.41) is 2.06. The Morgan fingerprint density at radius 1 is 1.40 bits per heavy atom. The number of rotatable bonds is 3. The molecule has 3 nitrogen and oxygen atoms in total. The Bertz CT molecular complexity index is 437. The van der Waals surface area contributed by atoms with Gasteiger partial charge in [-0.15, -0.1) is 11.3 Å². The monoisotopic (exact) mass is 219 g/mol. The Morgan fingerprint density at radius 3 is 2.93 bits per heavy atom. The van der Waals surface area contributed by atoms with Crippen LogP contribution in [0, 0.1) is 6.92 Å². The molecule has 0 atom stereocenters. The van der Waals surface area contributed by atoms with Crippen LogP contribution in [0.1, 0.15) is 22.1 Å². The average molecular weight is 219 g/mol. The molecule has 0 aliphatic rings. The van der Waals surface area contributed by atoms with Gasteiger partial charge in [0.05, 0.1) is 5.69 Å². The van der Waals surface area contributed by atoms with Crippen molar-refractivity contribution >= 4 is 11.3 Å². The van der Waals surface area contributed by atoms with Crippen molar-refractivity contribution in [3.63, 3.8) is 0 Å². The van der Waals surface area contributed by atoms with Crippen LogP contribution in [0.5, 0.6) is 0 Å². The van der Waals surface area contributed by atoms with Crippen LogP contribution in [-0.2, 0) is 13.0 Å². The van der Waals surface area contributed by atoms with E-state index in [4.69, 9.17) is 5.73 Å². The van der Waals surface area contributed by atoms with Crippen molar-refractivity contribution in [3.8, 4) is 0 Å². The van der Waals surface area contributed by atoms with E-state index in [2.05, 4.69) is 21.4 Å². The lowest BCUT2D eigenvalue weighted by Gasteiger charge is -2.02. The molecule has 0 spiro atoms. The molecule has 4 heteroatoms. The van der Waals surface area contributed by atoms with Crippen molar-refractivity contribution in [2.45, 2.75) is 19.9 Å². The first-order chi connectivity index (χ1) is 7.28. The average Bonchev–Trinajstić information content (AvgIpc) is 2.69. The summed E-state index contributed by atoms with van der Waals surface area (Å²) in [7, 11) is 0. The minimum absolute atomic E-state index is 0.473. The van der Waals surface area contributed by atoms with E-state index < -0.39 is 0 Å². The number of aryl methyl sites for hydroxylation is 1. The van der Waals surface area contributed by atoms with E-state index in [0.717, 1.165) is 23.6 Å². The molecule has 0 saturated carbocycles. The molecular weight excluding hydrogens is 206 g/mol. The van der Waals surface area contributed by atoms with Gasteiger partial charge in [-0.05, 0) is 24.4 Å². The molecule has 2 rings (SSSR count). The summed E-state index contributed by atoms with van der Waals surface area (Å²) < 4.78 is 0. The molecule has 2 N–H and O–H groups in total. The van der Waals surface area contributed by atoms with Crippen LogP contribution in [0.25, 0.3) is 0 Å². The predicted octanol–water partition coefficient (Wildman–Crippen LogP) is 1.90. The SMILES string of the molecule is Cc1cc(CN)nc(Cc2cccs2)n1. The Hall–Kier alpha value is -1.26. The van der Waals surface area contributed by atoms with Gasteiger partial charge >= 0.3 is 0 Å². The van der Waals surface area contributed by atoms with Crippen LogP contribution in [0.2, 0.25) is 0 Å². The molecule has 0 radical (unpaired) electrons. The summed E-state index contributed by atoms with van der Waals surface area (Å²) >= 11 is 1.73. The third-order valence-electron chi connectivity index (χ3n) is 2.08. The molecule has 15 heavy (non-hydrogen) atoms. The van der Waals surface area contributed by atoms with Gasteiger partial charge in [-0.1, -0.05) is 6.07 Å². The zero-order chi connectivity index (χ0) is 10.7. The topological polar surface area (TPSA) is 51.8 Å². The molecule has 0 bridgehead atoms. The van der Waals surface area contributed by atoms with E-state index in [1.807, 2.05) is 19.1 Å². The number of hydrogen-bond donors (Lipinski definition) is 1. The third kappa shape index (κ3) is 2.61. The van der Waals surface area contributed by atoms with Crippen molar-refractivity contribution in [2.75, 3.05) is 0 Å². The minimum Gasteiger partial charge on any atom is -0.325 e. The molecular formula is C11H13N3S. The van der Waals surface area contributed by atoms with Gasteiger partial charge in [0.15, 0.2) is 0 Å². The van der Waals surface area contributed by atoms with Crippen LogP contribution < -0.4 is 5.73 Å². The quantitative estimate of drug-likeness (QED) is 0.857. The maximum atomic E-state index is 5.57. The molecule has 0 unspecified atom stereocenters. The Labute approximate surface area is 93.0 Å². The van der Waals surface area contributed by atoms with E-state index in [1.54, 1.807) is 11.3 Å². The van der Waals surface area contributed by atoms with E-state index >= 15 is 0 Å². The maximum absolute atomic E-state index is 5.57. The molecule has 0 amide bonds. The normalized spacial score (nSPS) is 10.5. The molecule has 78 valence electrons. The fourth-order valence-electron chi connectivity index (χ4n) is 1.45. The number of nitrogens with zero attached hydrogens (tertiary/aromatic N) is 2. The first-order valence-corrected chi connectivity index (χ1v) is 5.72. The Kier molecular flexibility index (Phi) is 3.08. The minimum atomic E-state index is 0.473. The van der Waals surface area contributed by atoms with E-state index in [0.29, 0.717) is 6.54 Å². The lowest BCUT2D eigenvalue weighted by atomic mass is 10.3. The fourth-order valence-corrected chi connectivity index (χ4v) is 2.15. The van der Waals surface area contributed by atoms with Gasteiger partial charge in [-0.25, -0.2) is 9.97 Å². The van der Waals surface area contributed by atoms with E-state index in [1.165, 1.54) is 4.88 Å². The Morgan fingerprint density at radius 2 is 2.27 bits per heavy atom. The van der Waals surface area contributed by atoms with Crippen LogP contribution in [0.4, 0.5) is 0 Å². The highest BCUT2D eigenvalue weighted by atomic mass is 32.1. The molecule has 0 saturated heterocycles. The molecule has 2 aromatic rings. The molecule has 2 heterocycles. The molecule has 0 aliphatic heterocycles. The summed E-state index contributed by atoms with van der Waals surface area (Å²) in [4.78, 5) is 10.1. The van der Waals surface area contributed by atoms with Crippen LogP contribution in [0.3, 0.4) is 0 Å². The van der Waals surface area contributed by atoms with Crippen LogP contribution in [0.15, 0.2) is 23.6 Å². The summed E-state index contributed by atoms with van der Waals surface area (Å²) in [5.41, 5.74) is 7.47. The standard InChI is InChI=1S/C11H13N3S/c1-8-5-9(7-12)14-11(13-8)6-10-3-2-4-15-10/h2-5H,6-7,12H2,1H3. The summed E-state index contributed by atoms with van der Waals surface area (Å²) in [5.74, 6) is 0.859. The van der Waals surface area contributed by atoms with Crippen LogP contribution in [-0.4, -0.2) is 9.97 Å². The van der Waals surface area contributed by atoms with Gasteiger partial charge in [0.25, 0.3) is 0 Å². The Balaban J connectivity index is 2.24. The molecule has 0 aromatic carbocycles. The highest BCUT2D eigenvalue weighted by molar-refractivity contribution is 7.09. The highest BCUT2D eigenvalue weighted by Crippen LogP contribution is 2.12. The summed E-state index contributed by atoms with van der Waals surface area (Å²) in [6.07, 6.45) is 0.798. The lowest BCUT2D eigenvalue weighted by molar-refractivity contribution is 0.878. The molecule has 2 aromatic heterocycles. The molecule has 0 fully saturated rings. The van der Waals surface area contributed by atoms with Crippen molar-refractivity contribution in [1.29, 1.82) is 0 Å². The van der Waals surface area contributed by atoms with Gasteiger partial charge in [0.1, 0.15) is 5.82 Å². The molecule has 0 aliphatic carbocycles. The summed E-state index contributed by atoms with van der Waals surface area (Å²) in [6, 6.07) is 6.07. The van der Waals surface area contributed by atoms with Crippen molar-refractivity contribution in [3.05, 3.63) is 45.7 Å². The fraction of sp³-hybridized carbons (Fsp3) is 0.273. The third-order valence-corrected chi connectivity index (χ3v) is 2.95. The van der Waals surface area contributed by atoms with Crippen LogP contribution >= 0.6 is 11.3 Å². The second-order valence-electron chi connectivity index (χ2n) is 3.38. The second-order valence-corrected chi connectivity index (χ2v) is 4.41. The first kappa shape index (κ1) is 10.3. The smallest absolute Gasteiger partial charge is 0.134 e. The van der Waals surface area contributed by atoms with Gasteiger partial charge in [-0.2, -0.15) is 0 Å². The number of aromatic nitrogens is 2. The predicted molar refractivity (Wildman–Crippen MR) is 61.8 cm³/mol. The zero-order valence-corrected chi connectivity index (χ0v) is 9.42. The van der Waals surface area contributed by atoms with Crippen molar-refractivity contribution < 1.29 is 0 Å². The lowest BCUT2D eigenvalue weighted by Crippen LogP contribution is -2.05. The van der Waals surface area contributed by atoms with E-state index in [9.17, 15) is 0 Å². The van der Waals surface area contributed by atoms with Gasteiger partial charge in [0.2, 0.25) is 0 Å². The summed E-state index contributed by atoms with van der Waals surface area (Å²) in [6.45, 7) is 2.44. The second kappa shape index (κ2) is 4.51. The van der Waals surface area contributed by atoms with Gasteiger partial charge in [0, 0.05) is 23.5 Å². The zero-order valence-electron chi connectivity index (χ0n) is 8.60. The van der Waals surface area contributed by atoms with Gasteiger partial charge < -0.3 is 5.73 Å². The number of nitrogens with two attached hydrogens (primary N) is 1. The van der Waals surface area contributed by atoms with Crippen molar-refractivity contribution in [2.24, 2.45) is 5.73 Å². The number of hydrogen-bond acceptors (Lipinski definition) is 4. The highest BCUT2D eigenvalue weighted by Gasteiger charge is 2.03.